The van der Waals surface area contributed by atoms with Crippen molar-refractivity contribution in [3.63, 3.8) is 0 Å². The molecule has 0 aromatic heterocycles. The molecular formula is C16H27NO3. The highest BCUT2D eigenvalue weighted by Crippen LogP contribution is 2.17. The highest BCUT2D eigenvalue weighted by Gasteiger charge is 2.13. The number of benzene rings is 1. The van der Waals surface area contributed by atoms with Gasteiger partial charge in [-0.3, -0.25) is 0 Å². The highest BCUT2D eigenvalue weighted by atomic mass is 16.5. The molecule has 0 aliphatic rings. The van der Waals surface area contributed by atoms with E-state index < -0.39 is 6.10 Å². The second kappa shape index (κ2) is 8.25. The van der Waals surface area contributed by atoms with Crippen LogP contribution in [0.2, 0.25) is 0 Å². The summed E-state index contributed by atoms with van der Waals surface area (Å²) in [5.74, 6) is 0.908. The highest BCUT2D eigenvalue weighted by molar-refractivity contribution is 5.33. The fraction of sp³-hybridized carbons (Fsp3) is 0.625. The normalized spacial score (nSPS) is 13.2. The molecule has 0 heterocycles. The number of rotatable bonds is 8. The van der Waals surface area contributed by atoms with E-state index in [0.717, 1.165) is 18.7 Å². The van der Waals surface area contributed by atoms with Crippen LogP contribution in [0.5, 0.6) is 5.75 Å². The van der Waals surface area contributed by atoms with Gasteiger partial charge in [0.05, 0.1) is 25.4 Å². The Morgan fingerprint density at radius 3 is 2.60 bits per heavy atom. The molecule has 1 rings (SSSR count). The number of para-hydroxylation sites is 1. The van der Waals surface area contributed by atoms with E-state index in [1.54, 1.807) is 7.11 Å². The summed E-state index contributed by atoms with van der Waals surface area (Å²) in [7, 11) is 1.68. The molecule has 0 amide bonds. The van der Waals surface area contributed by atoms with E-state index >= 15 is 0 Å². The van der Waals surface area contributed by atoms with Crippen LogP contribution >= 0.6 is 0 Å². The Morgan fingerprint density at radius 2 is 1.95 bits per heavy atom. The Labute approximate surface area is 122 Å². The Balaban J connectivity index is 2.21. The molecule has 0 saturated carbocycles. The number of aliphatic hydroxyl groups is 1. The molecule has 2 N–H and O–H groups in total. The Morgan fingerprint density at radius 1 is 1.25 bits per heavy atom. The van der Waals surface area contributed by atoms with Crippen LogP contribution in [0, 0.1) is 0 Å². The molecule has 1 atom stereocenters. The van der Waals surface area contributed by atoms with Crippen molar-refractivity contribution in [1.82, 2.24) is 5.32 Å². The number of methoxy groups -OCH3 is 1. The lowest BCUT2D eigenvalue weighted by Gasteiger charge is -2.22. The molecule has 4 nitrogen and oxygen atoms in total. The molecule has 0 aliphatic carbocycles. The van der Waals surface area contributed by atoms with Crippen molar-refractivity contribution in [3.05, 3.63) is 29.8 Å². The molecule has 0 aliphatic heterocycles. The molecule has 0 saturated heterocycles. The van der Waals surface area contributed by atoms with Gasteiger partial charge >= 0.3 is 0 Å². The Hall–Kier alpha value is -1.10. The van der Waals surface area contributed by atoms with E-state index in [2.05, 4.69) is 11.4 Å². The summed E-state index contributed by atoms with van der Waals surface area (Å²) in [6, 6.07) is 7.98. The number of aliphatic hydroxyl groups excluding tert-OH is 1. The first-order chi connectivity index (χ1) is 9.42. The van der Waals surface area contributed by atoms with Crippen LogP contribution in [0.25, 0.3) is 0 Å². The van der Waals surface area contributed by atoms with Gasteiger partial charge in [0.1, 0.15) is 5.75 Å². The van der Waals surface area contributed by atoms with Crippen molar-refractivity contribution in [2.24, 2.45) is 0 Å². The van der Waals surface area contributed by atoms with Gasteiger partial charge in [-0.05, 0) is 45.4 Å². The summed E-state index contributed by atoms with van der Waals surface area (Å²) in [4.78, 5) is 0. The van der Waals surface area contributed by atoms with E-state index in [4.69, 9.17) is 9.47 Å². The smallest absolute Gasteiger partial charge is 0.122 e. The summed E-state index contributed by atoms with van der Waals surface area (Å²) in [5, 5.41) is 13.0. The van der Waals surface area contributed by atoms with Crippen LogP contribution in [0.3, 0.4) is 0 Å². The second-order valence-electron chi connectivity index (χ2n) is 5.84. The van der Waals surface area contributed by atoms with Gasteiger partial charge < -0.3 is 19.9 Å². The molecule has 0 spiro atoms. The minimum Gasteiger partial charge on any atom is -0.496 e. The predicted molar refractivity (Wildman–Crippen MR) is 81.3 cm³/mol. The van der Waals surface area contributed by atoms with Crippen LogP contribution in [0.4, 0.5) is 0 Å². The fourth-order valence-corrected chi connectivity index (χ4v) is 1.81. The van der Waals surface area contributed by atoms with E-state index in [-0.39, 0.29) is 5.60 Å². The number of ether oxygens (including phenoxy) is 2. The van der Waals surface area contributed by atoms with Gasteiger partial charge in [-0.2, -0.15) is 0 Å². The van der Waals surface area contributed by atoms with Gasteiger partial charge in [-0.1, -0.05) is 18.2 Å². The summed E-state index contributed by atoms with van der Waals surface area (Å²) in [6.45, 7) is 7.63. The topological polar surface area (TPSA) is 50.7 Å². The Bertz CT molecular complexity index is 388. The minimum atomic E-state index is -0.480. The monoisotopic (exact) mass is 281 g/mol. The lowest BCUT2D eigenvalue weighted by molar-refractivity contribution is -0.0477. The molecule has 4 heteroatoms. The fourth-order valence-electron chi connectivity index (χ4n) is 1.81. The molecule has 0 bridgehead atoms. The third kappa shape index (κ3) is 6.89. The van der Waals surface area contributed by atoms with Crippen LogP contribution < -0.4 is 10.1 Å². The summed E-state index contributed by atoms with van der Waals surface area (Å²) in [6.07, 6.45) is 0.392. The van der Waals surface area contributed by atoms with Crippen LogP contribution in [-0.2, 0) is 11.2 Å². The maximum absolute atomic E-state index is 9.80. The third-order valence-electron chi connectivity index (χ3n) is 2.85. The lowest BCUT2D eigenvalue weighted by atomic mass is 10.1. The zero-order valence-electron chi connectivity index (χ0n) is 13.0. The average molecular weight is 281 g/mol. The summed E-state index contributed by atoms with van der Waals surface area (Å²) >= 11 is 0. The minimum absolute atomic E-state index is 0.210. The Kier molecular flexibility index (Phi) is 6.99. The van der Waals surface area contributed by atoms with Crippen molar-refractivity contribution in [2.45, 2.75) is 38.9 Å². The van der Waals surface area contributed by atoms with Crippen LogP contribution in [0.15, 0.2) is 24.3 Å². The maximum atomic E-state index is 9.80. The quantitative estimate of drug-likeness (QED) is 0.716. The summed E-state index contributed by atoms with van der Waals surface area (Å²) in [5.41, 5.74) is 0.959. The van der Waals surface area contributed by atoms with Gasteiger partial charge in [0.25, 0.3) is 0 Å². The van der Waals surface area contributed by atoms with Gasteiger partial charge in [-0.25, -0.2) is 0 Å². The standard InChI is InChI=1S/C16H27NO3/c1-16(2,3)20-12-14(18)11-17-10-9-13-7-5-6-8-15(13)19-4/h5-8,14,17-18H,9-12H2,1-4H3. The van der Waals surface area contributed by atoms with Crippen molar-refractivity contribution in [3.8, 4) is 5.75 Å². The maximum Gasteiger partial charge on any atom is 0.122 e. The molecule has 20 heavy (non-hydrogen) atoms. The summed E-state index contributed by atoms with van der Waals surface area (Å²) < 4.78 is 10.8. The van der Waals surface area contributed by atoms with Crippen LogP contribution in [-0.4, -0.2) is 43.6 Å². The van der Waals surface area contributed by atoms with Gasteiger partial charge in [0.15, 0.2) is 0 Å². The zero-order chi connectivity index (χ0) is 15.0. The van der Waals surface area contributed by atoms with Crippen molar-refractivity contribution in [2.75, 3.05) is 26.8 Å². The zero-order valence-corrected chi connectivity index (χ0v) is 13.0. The SMILES string of the molecule is COc1ccccc1CCNCC(O)COC(C)(C)C. The largest absolute Gasteiger partial charge is 0.496 e. The first-order valence-corrected chi connectivity index (χ1v) is 7.07. The molecule has 1 unspecified atom stereocenters. The lowest BCUT2D eigenvalue weighted by Crippen LogP contribution is -2.34. The van der Waals surface area contributed by atoms with Gasteiger partial charge in [0.2, 0.25) is 0 Å². The van der Waals surface area contributed by atoms with Crippen LogP contribution in [0.1, 0.15) is 26.3 Å². The number of hydrogen-bond donors (Lipinski definition) is 2. The second-order valence-corrected chi connectivity index (χ2v) is 5.84. The average Bonchev–Trinajstić information content (AvgIpc) is 2.41. The van der Waals surface area contributed by atoms with E-state index in [1.165, 1.54) is 5.56 Å². The third-order valence-corrected chi connectivity index (χ3v) is 2.85. The predicted octanol–water partition coefficient (Wildman–Crippen LogP) is 2.00. The number of hydrogen-bond acceptors (Lipinski definition) is 4. The molecule has 0 fully saturated rings. The van der Waals surface area contributed by atoms with E-state index in [0.29, 0.717) is 13.2 Å². The van der Waals surface area contributed by atoms with Crippen molar-refractivity contribution >= 4 is 0 Å². The first kappa shape index (κ1) is 17.0. The molecule has 1 aromatic rings. The van der Waals surface area contributed by atoms with Crippen molar-refractivity contribution in [1.29, 1.82) is 0 Å². The van der Waals surface area contributed by atoms with Crippen molar-refractivity contribution < 1.29 is 14.6 Å². The van der Waals surface area contributed by atoms with Gasteiger partial charge in [-0.15, -0.1) is 0 Å². The molecular weight excluding hydrogens is 254 g/mol. The van der Waals surface area contributed by atoms with Gasteiger partial charge in [0, 0.05) is 6.54 Å². The molecule has 0 radical (unpaired) electrons. The van der Waals surface area contributed by atoms with E-state index in [1.807, 2.05) is 39.0 Å². The number of nitrogens with one attached hydrogen (secondary N) is 1. The molecule has 114 valence electrons. The van der Waals surface area contributed by atoms with E-state index in [9.17, 15) is 5.11 Å². The first-order valence-electron chi connectivity index (χ1n) is 7.07. The molecule has 1 aromatic carbocycles.